The molecule has 0 spiro atoms. The molecule has 1 N–H and O–H groups in total. The minimum atomic E-state index is 0.534. The van der Waals surface area contributed by atoms with Crippen molar-refractivity contribution in [2.75, 3.05) is 57.2 Å². The molecule has 0 unspecified atom stereocenters. The Morgan fingerprint density at radius 2 is 2.06 bits per heavy atom. The number of imidazole rings is 1. The zero-order valence-electron chi connectivity index (χ0n) is 18.8. The Hall–Kier alpha value is -2.85. The molecule has 2 aliphatic rings. The second-order valence-corrected chi connectivity index (χ2v) is 8.75. The molecule has 10 nitrogen and oxygen atoms in total. The van der Waals surface area contributed by atoms with Crippen molar-refractivity contribution >= 4 is 22.8 Å². The highest BCUT2D eigenvalue weighted by Crippen LogP contribution is 2.41. The summed E-state index contributed by atoms with van der Waals surface area (Å²) in [6.07, 6.45) is 11.3. The van der Waals surface area contributed by atoms with Gasteiger partial charge >= 0.3 is 0 Å². The van der Waals surface area contributed by atoms with Crippen molar-refractivity contribution in [3.05, 3.63) is 31.2 Å². The Balaban J connectivity index is 1.17. The first-order valence-corrected chi connectivity index (χ1v) is 11.3. The van der Waals surface area contributed by atoms with Gasteiger partial charge in [-0.2, -0.15) is 0 Å². The molecule has 0 aromatic carbocycles. The Morgan fingerprint density at radius 1 is 1.12 bits per heavy atom. The van der Waals surface area contributed by atoms with E-state index in [-0.39, 0.29) is 0 Å². The number of hydrogen-bond acceptors (Lipinski definition) is 9. The first-order chi connectivity index (χ1) is 15.7. The monoisotopic (exact) mass is 437 g/mol. The Morgan fingerprint density at radius 3 is 2.91 bits per heavy atom. The molecule has 5 rings (SSSR count). The summed E-state index contributed by atoms with van der Waals surface area (Å²) >= 11 is 0. The lowest BCUT2D eigenvalue weighted by Gasteiger charge is -2.30. The molecule has 1 saturated carbocycles. The van der Waals surface area contributed by atoms with Crippen molar-refractivity contribution in [2.45, 2.75) is 25.4 Å². The predicted molar refractivity (Wildman–Crippen MR) is 123 cm³/mol. The average Bonchev–Trinajstić information content (AvgIpc) is 3.52. The van der Waals surface area contributed by atoms with E-state index in [1.165, 1.54) is 19.4 Å². The van der Waals surface area contributed by atoms with Crippen molar-refractivity contribution in [1.29, 1.82) is 0 Å². The number of ether oxygens (including phenoxy) is 1. The van der Waals surface area contributed by atoms with E-state index < -0.39 is 0 Å². The van der Waals surface area contributed by atoms with Gasteiger partial charge in [-0.15, -0.1) is 0 Å². The summed E-state index contributed by atoms with van der Waals surface area (Å²) < 4.78 is 7.17. The van der Waals surface area contributed by atoms with Crippen LogP contribution in [0.15, 0.2) is 31.2 Å². The van der Waals surface area contributed by atoms with Crippen LogP contribution in [-0.4, -0.2) is 87.4 Å². The van der Waals surface area contributed by atoms with Gasteiger partial charge in [-0.05, 0) is 24.7 Å². The number of nitrogens with zero attached hydrogens (tertiary/aromatic N) is 8. The number of likely N-dealkylation sites (tertiary alicyclic amines) is 1. The van der Waals surface area contributed by atoms with Crippen molar-refractivity contribution in [3.8, 4) is 0 Å². The topological polar surface area (TPSA) is 97.1 Å². The lowest BCUT2D eigenvalue weighted by atomic mass is 9.97. The van der Waals surface area contributed by atoms with E-state index in [1.54, 1.807) is 32.2 Å². The predicted octanol–water partition coefficient (Wildman–Crippen LogP) is 1.52. The molecule has 0 amide bonds. The summed E-state index contributed by atoms with van der Waals surface area (Å²) in [6.45, 7) is 5.48. The summed E-state index contributed by atoms with van der Waals surface area (Å²) in [5.74, 6) is 3.22. The van der Waals surface area contributed by atoms with Gasteiger partial charge in [-0.25, -0.2) is 19.9 Å². The fourth-order valence-corrected chi connectivity index (χ4v) is 5.33. The van der Waals surface area contributed by atoms with Crippen molar-refractivity contribution in [3.63, 3.8) is 0 Å². The van der Waals surface area contributed by atoms with Gasteiger partial charge in [-0.3, -0.25) is 4.98 Å². The Kier molecular flexibility index (Phi) is 6.13. The number of nitrogens with one attached hydrogen (secondary N) is 1. The molecule has 0 radical (unpaired) electrons. The third-order valence-corrected chi connectivity index (χ3v) is 6.96. The van der Waals surface area contributed by atoms with Crippen molar-refractivity contribution in [1.82, 2.24) is 34.4 Å². The minimum absolute atomic E-state index is 0.534. The van der Waals surface area contributed by atoms with Gasteiger partial charge in [0.15, 0.2) is 11.5 Å². The molecule has 4 heterocycles. The maximum Gasteiger partial charge on any atom is 0.165 e. The van der Waals surface area contributed by atoms with Crippen LogP contribution in [0.1, 0.15) is 12.8 Å². The van der Waals surface area contributed by atoms with Gasteiger partial charge in [0.2, 0.25) is 0 Å². The van der Waals surface area contributed by atoms with Crippen LogP contribution in [0.3, 0.4) is 0 Å². The quantitative estimate of drug-likeness (QED) is 0.534. The molecule has 1 saturated heterocycles. The Bertz CT molecular complexity index is 1030. The van der Waals surface area contributed by atoms with Crippen LogP contribution in [0, 0.1) is 11.8 Å². The van der Waals surface area contributed by atoms with E-state index in [4.69, 9.17) is 4.74 Å². The van der Waals surface area contributed by atoms with E-state index in [9.17, 15) is 0 Å². The summed E-state index contributed by atoms with van der Waals surface area (Å²) in [4.78, 5) is 27.0. The molecule has 10 heteroatoms. The second kappa shape index (κ2) is 9.33. The van der Waals surface area contributed by atoms with Gasteiger partial charge in [0.1, 0.15) is 17.7 Å². The number of aromatic nitrogens is 6. The number of methoxy groups -OCH3 is 1. The number of rotatable bonds is 9. The van der Waals surface area contributed by atoms with E-state index in [0.29, 0.717) is 18.6 Å². The minimum Gasteiger partial charge on any atom is -0.383 e. The van der Waals surface area contributed by atoms with Crippen molar-refractivity contribution < 1.29 is 4.74 Å². The van der Waals surface area contributed by atoms with Gasteiger partial charge in [0.25, 0.3) is 0 Å². The van der Waals surface area contributed by atoms with Crippen LogP contribution in [0.4, 0.5) is 11.6 Å². The Labute approximate surface area is 188 Å². The van der Waals surface area contributed by atoms with Crippen LogP contribution >= 0.6 is 0 Å². The molecule has 1 aliphatic carbocycles. The lowest BCUT2D eigenvalue weighted by Crippen LogP contribution is -2.38. The van der Waals surface area contributed by atoms with Crippen LogP contribution in [0.2, 0.25) is 0 Å². The SMILES string of the molecule is COCCn1cnc2c(NCCN3C[C@H]4CC[C@@H](N(C)c5cnccn5)[C@H]4C3)ncnc21. The summed E-state index contributed by atoms with van der Waals surface area (Å²) in [6, 6.07) is 0.534. The van der Waals surface area contributed by atoms with Gasteiger partial charge in [-0.1, -0.05) is 0 Å². The van der Waals surface area contributed by atoms with Gasteiger partial charge in [0.05, 0.1) is 19.1 Å². The lowest BCUT2D eigenvalue weighted by molar-refractivity contribution is 0.188. The van der Waals surface area contributed by atoms with Crippen LogP contribution in [0.25, 0.3) is 11.2 Å². The van der Waals surface area contributed by atoms with E-state index in [1.807, 2.05) is 10.8 Å². The average molecular weight is 438 g/mol. The number of fused-ring (bicyclic) bond motifs is 2. The highest BCUT2D eigenvalue weighted by molar-refractivity contribution is 5.82. The maximum absolute atomic E-state index is 5.17. The first-order valence-electron chi connectivity index (χ1n) is 11.3. The third-order valence-electron chi connectivity index (χ3n) is 6.96. The molecule has 3 atom stereocenters. The second-order valence-electron chi connectivity index (χ2n) is 8.75. The third kappa shape index (κ3) is 4.12. The summed E-state index contributed by atoms with van der Waals surface area (Å²) in [5, 5.41) is 3.48. The van der Waals surface area contributed by atoms with E-state index >= 15 is 0 Å². The zero-order chi connectivity index (χ0) is 21.9. The summed E-state index contributed by atoms with van der Waals surface area (Å²) in [7, 11) is 3.86. The highest BCUT2D eigenvalue weighted by atomic mass is 16.5. The fourth-order valence-electron chi connectivity index (χ4n) is 5.33. The molecule has 3 aromatic rings. The smallest absolute Gasteiger partial charge is 0.165 e. The molecule has 1 aliphatic heterocycles. The molecule has 0 bridgehead atoms. The van der Waals surface area contributed by atoms with Gasteiger partial charge in [0, 0.05) is 65.3 Å². The van der Waals surface area contributed by atoms with E-state index in [2.05, 4.69) is 47.1 Å². The molecule has 2 fully saturated rings. The molecular formula is C22H31N9O. The van der Waals surface area contributed by atoms with Crippen LogP contribution in [0.5, 0.6) is 0 Å². The van der Waals surface area contributed by atoms with Crippen molar-refractivity contribution in [2.24, 2.45) is 11.8 Å². The first kappa shape index (κ1) is 21.0. The highest BCUT2D eigenvalue weighted by Gasteiger charge is 2.44. The number of anilines is 2. The fraction of sp³-hybridized carbons (Fsp3) is 0.591. The molecule has 3 aromatic heterocycles. The molecule has 32 heavy (non-hydrogen) atoms. The van der Waals surface area contributed by atoms with Crippen LogP contribution < -0.4 is 10.2 Å². The normalized spacial score (nSPS) is 23.0. The summed E-state index contributed by atoms with van der Waals surface area (Å²) in [5.41, 5.74) is 1.65. The van der Waals surface area contributed by atoms with Gasteiger partial charge < -0.3 is 24.4 Å². The molecule has 170 valence electrons. The largest absolute Gasteiger partial charge is 0.383 e. The maximum atomic E-state index is 5.17. The standard InChI is InChI=1S/C22H31N9O/c1-29(19-11-23-5-6-24-19)18-4-3-16-12-30(13-17(16)18)8-7-25-21-20-22(27-14-26-21)31(15-28-20)9-10-32-2/h5-6,11,14-18H,3-4,7-10,12-13H2,1-2H3,(H,25,26,27)/t16-,17+,18-/m1/s1. The zero-order valence-corrected chi connectivity index (χ0v) is 18.8. The van der Waals surface area contributed by atoms with Crippen LogP contribution in [-0.2, 0) is 11.3 Å². The van der Waals surface area contributed by atoms with E-state index in [0.717, 1.165) is 54.9 Å². The molecular weight excluding hydrogens is 406 g/mol. The number of hydrogen-bond donors (Lipinski definition) is 1.